The summed E-state index contributed by atoms with van der Waals surface area (Å²) in [5.41, 5.74) is 18.0. The maximum absolute atomic E-state index is 9.39. The first-order valence-corrected chi connectivity index (χ1v) is 21.8. The van der Waals surface area contributed by atoms with Crippen LogP contribution in [0.2, 0.25) is 0 Å². The molecule has 0 N–H and O–H groups in total. The minimum absolute atomic E-state index is 0.149. The van der Waals surface area contributed by atoms with Gasteiger partial charge in [0.1, 0.15) is 0 Å². The van der Waals surface area contributed by atoms with Crippen molar-refractivity contribution in [3.05, 3.63) is 245 Å². The first-order valence-electron chi connectivity index (χ1n) is 21.8. The third-order valence-corrected chi connectivity index (χ3v) is 13.7. The van der Waals surface area contributed by atoms with Crippen LogP contribution in [0.5, 0.6) is 0 Å². The Morgan fingerprint density at radius 3 is 1.33 bits per heavy atom. The fourth-order valence-electron chi connectivity index (χ4n) is 10.7. The molecule has 2 aliphatic carbocycles. The van der Waals surface area contributed by atoms with Crippen molar-refractivity contribution in [3.8, 4) is 73.6 Å². The molecule has 64 heavy (non-hydrogen) atoms. The Balaban J connectivity index is 0.972. The van der Waals surface area contributed by atoms with Crippen molar-refractivity contribution in [2.24, 2.45) is 0 Å². The van der Waals surface area contributed by atoms with Crippen molar-refractivity contribution in [2.45, 2.75) is 24.7 Å². The standard InChI is InChI=1S/C60H40N4/c1-59(2)51-20-10-12-22-53(51)60(54-23-13-11-21-52(54)59)50-19-9-8-18-48(50)49-33-32-43(36-55(49)60)45-35-34-44(46-16-6-7-17-47(45)46)39-28-30-42(31-29-39)58-63-56(40-14-4-3-5-15-40)62-57(64-58)41-26-24-38(37-61)25-27-41/h3-36H,1-2H3. The summed E-state index contributed by atoms with van der Waals surface area (Å²) >= 11 is 0. The highest BCUT2D eigenvalue weighted by Gasteiger charge is 2.53. The third kappa shape index (κ3) is 5.58. The van der Waals surface area contributed by atoms with E-state index >= 15 is 0 Å². The molecule has 0 aliphatic heterocycles. The molecular weight excluding hydrogens is 777 g/mol. The van der Waals surface area contributed by atoms with Crippen LogP contribution in [-0.2, 0) is 10.8 Å². The van der Waals surface area contributed by atoms with Gasteiger partial charge in [0.05, 0.1) is 17.0 Å². The fraction of sp³-hybridized carbons (Fsp3) is 0.0667. The average molecular weight is 817 g/mol. The van der Waals surface area contributed by atoms with Crippen molar-refractivity contribution < 1.29 is 0 Å². The predicted octanol–water partition coefficient (Wildman–Crippen LogP) is 14.2. The zero-order valence-corrected chi connectivity index (χ0v) is 35.4. The van der Waals surface area contributed by atoms with E-state index in [9.17, 15) is 5.26 Å². The van der Waals surface area contributed by atoms with Crippen LogP contribution < -0.4 is 0 Å². The molecule has 300 valence electrons. The summed E-state index contributed by atoms with van der Waals surface area (Å²) in [5.74, 6) is 1.74. The van der Waals surface area contributed by atoms with Crippen molar-refractivity contribution in [1.29, 1.82) is 5.26 Å². The summed E-state index contributed by atoms with van der Waals surface area (Å²) in [4.78, 5) is 14.8. The van der Waals surface area contributed by atoms with Crippen LogP contribution in [0.15, 0.2) is 206 Å². The number of nitrogens with zero attached hydrogens (tertiary/aromatic N) is 4. The number of aromatic nitrogens is 3. The molecule has 10 aromatic rings. The summed E-state index contributed by atoms with van der Waals surface area (Å²) in [6.07, 6.45) is 0. The second kappa shape index (κ2) is 14.4. The van der Waals surface area contributed by atoms with E-state index in [1.54, 1.807) is 12.1 Å². The Kier molecular flexibility index (Phi) is 8.44. The Morgan fingerprint density at radius 2 is 0.750 bits per heavy atom. The molecule has 4 heteroatoms. The van der Waals surface area contributed by atoms with Crippen LogP contribution in [0.25, 0.3) is 78.3 Å². The molecule has 0 amide bonds. The molecule has 2 aliphatic rings. The van der Waals surface area contributed by atoms with E-state index in [1.807, 2.05) is 42.5 Å². The zero-order chi connectivity index (χ0) is 43.0. The monoisotopic (exact) mass is 816 g/mol. The van der Waals surface area contributed by atoms with Crippen molar-refractivity contribution in [1.82, 2.24) is 15.0 Å². The van der Waals surface area contributed by atoms with Crippen molar-refractivity contribution >= 4 is 10.8 Å². The van der Waals surface area contributed by atoms with Gasteiger partial charge in [0.2, 0.25) is 0 Å². The Morgan fingerprint density at radius 1 is 0.344 bits per heavy atom. The molecular formula is C60H40N4. The highest BCUT2D eigenvalue weighted by molar-refractivity contribution is 6.05. The SMILES string of the molecule is CC1(C)c2ccccc2C2(c3ccccc3-c3ccc(-c4ccc(-c5ccc(-c6nc(-c7ccccc7)nc(-c7ccc(C#N)cc7)n6)cc5)c5ccccc45)cc32)c2ccccc21. The number of benzene rings is 9. The molecule has 0 saturated heterocycles. The largest absolute Gasteiger partial charge is 0.208 e. The van der Waals surface area contributed by atoms with Crippen molar-refractivity contribution in [2.75, 3.05) is 0 Å². The molecule has 0 bridgehead atoms. The van der Waals surface area contributed by atoms with Crippen LogP contribution in [0.4, 0.5) is 0 Å². The van der Waals surface area contributed by atoms with Gasteiger partial charge in [-0.3, -0.25) is 0 Å². The van der Waals surface area contributed by atoms with Crippen LogP contribution in [0.3, 0.4) is 0 Å². The molecule has 0 fully saturated rings. The van der Waals surface area contributed by atoms with E-state index in [4.69, 9.17) is 15.0 Å². The minimum atomic E-state index is -0.453. The summed E-state index contributed by atoms with van der Waals surface area (Å²) in [7, 11) is 0. The van der Waals surface area contributed by atoms with Gasteiger partial charge in [-0.25, -0.2) is 15.0 Å². The second-order valence-corrected chi connectivity index (χ2v) is 17.4. The summed E-state index contributed by atoms with van der Waals surface area (Å²) in [6, 6.07) is 75.9. The van der Waals surface area contributed by atoms with Gasteiger partial charge in [-0.05, 0) is 108 Å². The van der Waals surface area contributed by atoms with Gasteiger partial charge in [0.15, 0.2) is 17.5 Å². The normalized spacial score (nSPS) is 13.7. The van der Waals surface area contributed by atoms with Gasteiger partial charge in [0.25, 0.3) is 0 Å². The Bertz CT molecular complexity index is 3470. The van der Waals surface area contributed by atoms with E-state index in [1.165, 1.54) is 66.4 Å². The van der Waals surface area contributed by atoms with Gasteiger partial charge in [-0.2, -0.15) is 5.26 Å². The number of fused-ring (bicyclic) bond motifs is 10. The smallest absolute Gasteiger partial charge is 0.164 e. The maximum atomic E-state index is 9.39. The molecule has 0 unspecified atom stereocenters. The lowest BCUT2D eigenvalue weighted by Gasteiger charge is -2.46. The second-order valence-electron chi connectivity index (χ2n) is 17.4. The van der Waals surface area contributed by atoms with E-state index in [0.29, 0.717) is 23.0 Å². The first-order chi connectivity index (χ1) is 31.4. The summed E-state index contributed by atoms with van der Waals surface area (Å²) < 4.78 is 0. The van der Waals surface area contributed by atoms with Gasteiger partial charge in [0, 0.05) is 22.1 Å². The molecule has 0 atom stereocenters. The predicted molar refractivity (Wildman–Crippen MR) is 259 cm³/mol. The molecule has 1 spiro atoms. The van der Waals surface area contributed by atoms with Gasteiger partial charge in [-0.15, -0.1) is 0 Å². The summed E-state index contributed by atoms with van der Waals surface area (Å²) in [5, 5.41) is 11.8. The molecule has 0 saturated carbocycles. The van der Waals surface area contributed by atoms with Gasteiger partial charge in [-0.1, -0.05) is 190 Å². The molecule has 1 aromatic heterocycles. The van der Waals surface area contributed by atoms with E-state index in [-0.39, 0.29) is 5.41 Å². The fourth-order valence-corrected chi connectivity index (χ4v) is 10.7. The number of hydrogen-bond acceptors (Lipinski definition) is 4. The van der Waals surface area contributed by atoms with Crippen LogP contribution in [0, 0.1) is 11.3 Å². The topological polar surface area (TPSA) is 62.5 Å². The van der Waals surface area contributed by atoms with Gasteiger partial charge >= 0.3 is 0 Å². The molecule has 0 radical (unpaired) electrons. The number of rotatable bonds is 5. The first kappa shape index (κ1) is 37.5. The average Bonchev–Trinajstić information content (AvgIpc) is 3.66. The van der Waals surface area contributed by atoms with Crippen LogP contribution >= 0.6 is 0 Å². The maximum Gasteiger partial charge on any atom is 0.164 e. The minimum Gasteiger partial charge on any atom is -0.208 e. The zero-order valence-electron chi connectivity index (χ0n) is 35.4. The number of nitriles is 1. The van der Waals surface area contributed by atoms with Crippen LogP contribution in [-0.4, -0.2) is 15.0 Å². The molecule has 9 aromatic carbocycles. The van der Waals surface area contributed by atoms with Crippen LogP contribution in [0.1, 0.15) is 52.8 Å². The summed E-state index contributed by atoms with van der Waals surface area (Å²) in [6.45, 7) is 4.75. The highest BCUT2D eigenvalue weighted by Crippen LogP contribution is 2.62. The van der Waals surface area contributed by atoms with E-state index in [2.05, 4.69) is 172 Å². The lowest BCUT2D eigenvalue weighted by atomic mass is 9.55. The molecule has 1 heterocycles. The molecule has 4 nitrogen and oxygen atoms in total. The third-order valence-electron chi connectivity index (χ3n) is 13.7. The number of hydrogen-bond donors (Lipinski definition) is 0. The Labute approximate surface area is 372 Å². The van der Waals surface area contributed by atoms with Gasteiger partial charge < -0.3 is 0 Å². The van der Waals surface area contributed by atoms with Crippen molar-refractivity contribution in [3.63, 3.8) is 0 Å². The van der Waals surface area contributed by atoms with E-state index in [0.717, 1.165) is 27.8 Å². The van der Waals surface area contributed by atoms with E-state index < -0.39 is 5.41 Å². The highest BCUT2D eigenvalue weighted by atomic mass is 15.0. The lowest BCUT2D eigenvalue weighted by Crippen LogP contribution is -2.40. The lowest BCUT2D eigenvalue weighted by molar-refractivity contribution is 0.563. The Hall–Kier alpha value is -8.26. The quantitative estimate of drug-likeness (QED) is 0.174. The molecule has 12 rings (SSSR count).